The Bertz CT molecular complexity index is 615. The number of Topliss-reactive ketones (excluding diaryl/α,β-unsaturated/α-hetero) is 1. The lowest BCUT2D eigenvalue weighted by molar-refractivity contribution is -0.113. The molecule has 1 N–H and O–H groups in total. The molecule has 2 aromatic rings. The van der Waals surface area contributed by atoms with Gasteiger partial charge in [0.05, 0.1) is 7.11 Å². The number of allylic oxidation sites excluding steroid dienone is 1. The van der Waals surface area contributed by atoms with E-state index in [4.69, 9.17) is 4.74 Å². The summed E-state index contributed by atoms with van der Waals surface area (Å²) in [6.45, 7) is 0. The van der Waals surface area contributed by atoms with Crippen molar-refractivity contribution in [2.24, 2.45) is 0 Å². The number of ketones is 1. The van der Waals surface area contributed by atoms with E-state index in [1.807, 2.05) is 54.6 Å². The largest absolute Gasteiger partial charge is 0.497 e. The molecule has 21 heavy (non-hydrogen) atoms. The zero-order valence-electron chi connectivity index (χ0n) is 12.3. The number of rotatable bonds is 6. The Kier molecular flexibility index (Phi) is 5.16. The molecule has 0 aliphatic carbocycles. The predicted molar refractivity (Wildman–Crippen MR) is 85.2 cm³/mol. The molecule has 0 heterocycles. The first-order valence-electron chi connectivity index (χ1n) is 6.83. The molecule has 2 aromatic carbocycles. The van der Waals surface area contributed by atoms with E-state index in [2.05, 4.69) is 5.32 Å². The monoisotopic (exact) mass is 281 g/mol. The van der Waals surface area contributed by atoms with Crippen molar-refractivity contribution in [1.82, 2.24) is 5.32 Å². The highest BCUT2D eigenvalue weighted by molar-refractivity contribution is 6.21. The molecule has 108 valence electrons. The molecule has 0 aliphatic heterocycles. The van der Waals surface area contributed by atoms with E-state index in [1.54, 1.807) is 20.4 Å². The summed E-state index contributed by atoms with van der Waals surface area (Å²) in [6.07, 6.45) is 2.12. The Balaban J connectivity index is 2.17. The van der Waals surface area contributed by atoms with Gasteiger partial charge in [-0.1, -0.05) is 42.5 Å². The van der Waals surface area contributed by atoms with E-state index in [0.29, 0.717) is 12.0 Å². The SMILES string of the molecule is CNC=C(C(=O)Cc1ccc(OC)cc1)c1ccccc1. The van der Waals surface area contributed by atoms with Gasteiger partial charge in [-0.2, -0.15) is 0 Å². The lowest BCUT2D eigenvalue weighted by Gasteiger charge is -2.08. The summed E-state index contributed by atoms with van der Waals surface area (Å²) < 4.78 is 5.12. The average molecular weight is 281 g/mol. The van der Waals surface area contributed by atoms with Crippen molar-refractivity contribution < 1.29 is 9.53 Å². The number of hydrogen-bond acceptors (Lipinski definition) is 3. The molecule has 3 nitrogen and oxygen atoms in total. The van der Waals surface area contributed by atoms with E-state index >= 15 is 0 Å². The first-order valence-corrected chi connectivity index (χ1v) is 6.83. The van der Waals surface area contributed by atoms with E-state index in [1.165, 1.54) is 0 Å². The maximum atomic E-state index is 12.5. The summed E-state index contributed by atoms with van der Waals surface area (Å²) >= 11 is 0. The minimum atomic E-state index is 0.0840. The number of carbonyl (C=O) groups excluding carboxylic acids is 1. The van der Waals surface area contributed by atoms with Crippen molar-refractivity contribution in [3.8, 4) is 5.75 Å². The van der Waals surface area contributed by atoms with Crippen molar-refractivity contribution in [3.05, 3.63) is 71.9 Å². The number of nitrogens with one attached hydrogen (secondary N) is 1. The number of methoxy groups -OCH3 is 1. The van der Waals surface area contributed by atoms with E-state index in [9.17, 15) is 4.79 Å². The van der Waals surface area contributed by atoms with Gasteiger partial charge in [0, 0.05) is 25.2 Å². The molecule has 2 rings (SSSR count). The second-order valence-electron chi connectivity index (χ2n) is 4.66. The summed E-state index contributed by atoms with van der Waals surface area (Å²) in [5.41, 5.74) is 2.58. The first kappa shape index (κ1) is 14.9. The third-order valence-corrected chi connectivity index (χ3v) is 3.20. The standard InChI is InChI=1S/C18H19NO2/c1-19-13-17(15-6-4-3-5-7-15)18(20)12-14-8-10-16(21-2)11-9-14/h3-11,13,19H,12H2,1-2H3. The second kappa shape index (κ2) is 7.29. The fraction of sp³-hybridized carbons (Fsp3) is 0.167. The van der Waals surface area contributed by atoms with E-state index in [0.717, 1.165) is 16.9 Å². The normalized spacial score (nSPS) is 11.0. The van der Waals surface area contributed by atoms with Gasteiger partial charge < -0.3 is 10.1 Å². The molecule has 0 radical (unpaired) electrons. The first-order chi connectivity index (χ1) is 10.2. The summed E-state index contributed by atoms with van der Waals surface area (Å²) in [4.78, 5) is 12.5. The number of hydrogen-bond donors (Lipinski definition) is 1. The van der Waals surface area contributed by atoms with Gasteiger partial charge in [0.25, 0.3) is 0 Å². The highest BCUT2D eigenvalue weighted by Gasteiger charge is 2.12. The number of ether oxygens (including phenoxy) is 1. The molecule has 0 saturated heterocycles. The molecule has 0 fully saturated rings. The van der Waals surface area contributed by atoms with Crippen molar-refractivity contribution in [1.29, 1.82) is 0 Å². The van der Waals surface area contributed by atoms with Crippen LogP contribution in [0.25, 0.3) is 5.57 Å². The fourth-order valence-corrected chi connectivity index (χ4v) is 2.11. The lowest BCUT2D eigenvalue weighted by Crippen LogP contribution is -2.09. The van der Waals surface area contributed by atoms with Crippen LogP contribution in [0.4, 0.5) is 0 Å². The van der Waals surface area contributed by atoms with Crippen LogP contribution in [0.2, 0.25) is 0 Å². The maximum absolute atomic E-state index is 12.5. The molecular formula is C18H19NO2. The zero-order valence-corrected chi connectivity index (χ0v) is 12.3. The summed E-state index contributed by atoms with van der Waals surface area (Å²) in [7, 11) is 3.42. The van der Waals surface area contributed by atoms with Gasteiger partial charge in [-0.25, -0.2) is 0 Å². The van der Waals surface area contributed by atoms with Crippen LogP contribution in [0.1, 0.15) is 11.1 Å². The number of benzene rings is 2. The Labute approximate surface area is 125 Å². The molecule has 0 saturated carbocycles. The fourth-order valence-electron chi connectivity index (χ4n) is 2.11. The van der Waals surface area contributed by atoms with Crippen molar-refractivity contribution in [2.45, 2.75) is 6.42 Å². The van der Waals surface area contributed by atoms with Crippen LogP contribution in [0.5, 0.6) is 5.75 Å². The van der Waals surface area contributed by atoms with Gasteiger partial charge in [0.15, 0.2) is 5.78 Å². The van der Waals surface area contributed by atoms with Gasteiger partial charge in [0.1, 0.15) is 5.75 Å². The molecular weight excluding hydrogens is 262 g/mol. The molecule has 0 atom stereocenters. The van der Waals surface area contributed by atoms with Gasteiger partial charge in [-0.15, -0.1) is 0 Å². The van der Waals surface area contributed by atoms with Crippen LogP contribution in [0.3, 0.4) is 0 Å². The Hall–Kier alpha value is -2.55. The average Bonchev–Trinajstić information content (AvgIpc) is 2.54. The molecule has 0 bridgehead atoms. The van der Waals surface area contributed by atoms with Crippen LogP contribution in [-0.2, 0) is 11.2 Å². The molecule has 0 amide bonds. The highest BCUT2D eigenvalue weighted by atomic mass is 16.5. The highest BCUT2D eigenvalue weighted by Crippen LogP contribution is 2.18. The third kappa shape index (κ3) is 3.96. The molecule has 3 heteroatoms. The summed E-state index contributed by atoms with van der Waals surface area (Å²) in [6, 6.07) is 17.2. The quantitative estimate of drug-likeness (QED) is 0.827. The van der Waals surface area contributed by atoms with Gasteiger partial charge in [-0.3, -0.25) is 4.79 Å². The summed E-state index contributed by atoms with van der Waals surface area (Å²) in [5, 5.41) is 2.95. The van der Waals surface area contributed by atoms with Crippen molar-refractivity contribution in [2.75, 3.05) is 14.2 Å². The second-order valence-corrected chi connectivity index (χ2v) is 4.66. The van der Waals surface area contributed by atoms with Crippen LogP contribution < -0.4 is 10.1 Å². The van der Waals surface area contributed by atoms with Crippen molar-refractivity contribution >= 4 is 11.4 Å². The molecule has 0 aromatic heterocycles. The summed E-state index contributed by atoms with van der Waals surface area (Å²) in [5.74, 6) is 0.876. The topological polar surface area (TPSA) is 38.3 Å². The third-order valence-electron chi connectivity index (χ3n) is 3.20. The van der Waals surface area contributed by atoms with Crippen molar-refractivity contribution in [3.63, 3.8) is 0 Å². The predicted octanol–water partition coefficient (Wildman–Crippen LogP) is 3.07. The van der Waals surface area contributed by atoms with Crippen LogP contribution in [0.15, 0.2) is 60.8 Å². The van der Waals surface area contributed by atoms with Gasteiger partial charge in [-0.05, 0) is 23.3 Å². The van der Waals surface area contributed by atoms with Crippen LogP contribution >= 0.6 is 0 Å². The van der Waals surface area contributed by atoms with E-state index in [-0.39, 0.29) is 5.78 Å². The minimum absolute atomic E-state index is 0.0840. The Morgan fingerprint density at radius 2 is 1.76 bits per heavy atom. The lowest BCUT2D eigenvalue weighted by atomic mass is 9.98. The Morgan fingerprint density at radius 3 is 2.33 bits per heavy atom. The molecule has 0 aliphatic rings. The van der Waals surface area contributed by atoms with Crippen LogP contribution in [-0.4, -0.2) is 19.9 Å². The molecule has 0 unspecified atom stereocenters. The van der Waals surface area contributed by atoms with Gasteiger partial charge >= 0.3 is 0 Å². The van der Waals surface area contributed by atoms with Gasteiger partial charge in [0.2, 0.25) is 0 Å². The Morgan fingerprint density at radius 1 is 1.10 bits per heavy atom. The van der Waals surface area contributed by atoms with Crippen LogP contribution in [0, 0.1) is 0 Å². The zero-order chi connectivity index (χ0) is 15.1. The number of carbonyl (C=O) groups is 1. The maximum Gasteiger partial charge on any atom is 0.169 e. The minimum Gasteiger partial charge on any atom is -0.497 e. The smallest absolute Gasteiger partial charge is 0.169 e. The molecule has 0 spiro atoms. The van der Waals surface area contributed by atoms with E-state index < -0.39 is 0 Å².